The number of aryl methyl sites for hydroxylation is 1. The summed E-state index contributed by atoms with van der Waals surface area (Å²) in [5.74, 6) is 0. The molecule has 0 amide bonds. The van der Waals surface area contributed by atoms with Crippen molar-refractivity contribution in [2.45, 2.75) is 31.6 Å². The molecular weight excluding hydrogens is 230 g/mol. The molecule has 1 rings (SSSR count). The Morgan fingerprint density at radius 3 is 2.47 bits per heavy atom. The molecule has 3 nitrogen and oxygen atoms in total. The minimum absolute atomic E-state index is 0.412. The van der Waals surface area contributed by atoms with Gasteiger partial charge in [-0.2, -0.15) is 0 Å². The molecule has 15 heavy (non-hydrogen) atoms. The Morgan fingerprint density at radius 2 is 2.07 bits per heavy atom. The zero-order chi connectivity index (χ0) is 11.6. The van der Waals surface area contributed by atoms with E-state index in [1.807, 2.05) is 12.1 Å². The van der Waals surface area contributed by atoms with Crippen LogP contribution in [0.2, 0.25) is 0 Å². The van der Waals surface area contributed by atoms with Crippen molar-refractivity contribution in [2.75, 3.05) is 6.26 Å². The summed E-state index contributed by atoms with van der Waals surface area (Å²) >= 11 is 1.60. The molecule has 0 aliphatic rings. The van der Waals surface area contributed by atoms with Crippen LogP contribution in [0.25, 0.3) is 0 Å². The fraction of sp³-hybridized carbons (Fsp3) is 0.600. The van der Waals surface area contributed by atoms with Gasteiger partial charge in [-0.3, -0.25) is 0 Å². The zero-order valence-corrected chi connectivity index (χ0v) is 10.9. The van der Waals surface area contributed by atoms with Gasteiger partial charge >= 0.3 is 0 Å². The maximum atomic E-state index is 11.3. The maximum Gasteiger partial charge on any atom is 0.151 e. The van der Waals surface area contributed by atoms with Crippen molar-refractivity contribution < 1.29 is 8.42 Å². The third-order valence-corrected chi connectivity index (χ3v) is 5.52. The minimum Gasteiger partial charge on any atom is -0.322 e. The Labute approximate surface area is 95.2 Å². The fourth-order valence-corrected chi connectivity index (χ4v) is 3.09. The molecule has 0 bridgehead atoms. The van der Waals surface area contributed by atoms with E-state index in [2.05, 4.69) is 6.92 Å². The lowest BCUT2D eigenvalue weighted by atomic mass is 10.2. The molecule has 0 saturated carbocycles. The first-order valence-electron chi connectivity index (χ1n) is 4.89. The van der Waals surface area contributed by atoms with E-state index in [4.69, 9.17) is 5.73 Å². The van der Waals surface area contributed by atoms with Crippen LogP contribution >= 0.6 is 11.3 Å². The Bertz CT molecular complexity index is 422. The summed E-state index contributed by atoms with van der Waals surface area (Å²) < 4.78 is 22.7. The average molecular weight is 247 g/mol. The first-order chi connectivity index (χ1) is 6.86. The van der Waals surface area contributed by atoms with Gasteiger partial charge in [0.1, 0.15) is 0 Å². The Morgan fingerprint density at radius 1 is 1.47 bits per heavy atom. The predicted molar refractivity (Wildman–Crippen MR) is 64.9 cm³/mol. The fourth-order valence-electron chi connectivity index (χ4n) is 1.26. The molecular formula is C10H17NO2S2. The maximum absolute atomic E-state index is 11.3. The van der Waals surface area contributed by atoms with E-state index in [1.54, 1.807) is 18.3 Å². The summed E-state index contributed by atoms with van der Waals surface area (Å²) in [6.45, 7) is 3.73. The number of sulfone groups is 1. The molecule has 1 aromatic rings. The van der Waals surface area contributed by atoms with Crippen LogP contribution in [0, 0.1) is 0 Å². The second kappa shape index (κ2) is 4.63. The summed E-state index contributed by atoms with van der Waals surface area (Å²) in [7, 11) is -3.07. The monoisotopic (exact) mass is 247 g/mol. The molecule has 1 aromatic heterocycles. The van der Waals surface area contributed by atoms with E-state index in [1.165, 1.54) is 11.1 Å². The topological polar surface area (TPSA) is 60.2 Å². The van der Waals surface area contributed by atoms with E-state index >= 15 is 0 Å². The second-order valence-corrected chi connectivity index (χ2v) is 7.32. The lowest BCUT2D eigenvalue weighted by Gasteiger charge is -2.16. The van der Waals surface area contributed by atoms with Crippen LogP contribution in [0.5, 0.6) is 0 Å². The molecule has 0 aromatic carbocycles. The molecule has 5 heteroatoms. The lowest BCUT2D eigenvalue weighted by Crippen LogP contribution is -2.29. The summed E-state index contributed by atoms with van der Waals surface area (Å²) in [4.78, 5) is 2.19. The van der Waals surface area contributed by atoms with Crippen LogP contribution in [0.15, 0.2) is 12.1 Å². The van der Waals surface area contributed by atoms with Crippen molar-refractivity contribution in [1.82, 2.24) is 0 Å². The van der Waals surface area contributed by atoms with Gasteiger partial charge in [-0.05, 0) is 25.5 Å². The van der Waals surface area contributed by atoms with Crippen molar-refractivity contribution in [3.05, 3.63) is 21.9 Å². The molecule has 2 atom stereocenters. The van der Waals surface area contributed by atoms with Gasteiger partial charge in [0.15, 0.2) is 9.84 Å². The van der Waals surface area contributed by atoms with Gasteiger partial charge < -0.3 is 5.73 Å². The molecule has 2 unspecified atom stereocenters. The molecule has 2 N–H and O–H groups in total. The van der Waals surface area contributed by atoms with Crippen molar-refractivity contribution >= 4 is 21.2 Å². The number of hydrogen-bond donors (Lipinski definition) is 1. The van der Waals surface area contributed by atoms with Crippen LogP contribution < -0.4 is 5.73 Å². The highest BCUT2D eigenvalue weighted by Crippen LogP contribution is 2.26. The van der Waals surface area contributed by atoms with Crippen LogP contribution in [-0.4, -0.2) is 19.9 Å². The van der Waals surface area contributed by atoms with E-state index in [9.17, 15) is 8.42 Å². The van der Waals surface area contributed by atoms with Gasteiger partial charge in [-0.1, -0.05) is 6.92 Å². The van der Waals surface area contributed by atoms with Crippen molar-refractivity contribution in [1.29, 1.82) is 0 Å². The number of hydrogen-bond acceptors (Lipinski definition) is 4. The Hall–Kier alpha value is -0.390. The van der Waals surface area contributed by atoms with Crippen molar-refractivity contribution in [2.24, 2.45) is 5.73 Å². The van der Waals surface area contributed by atoms with Crippen LogP contribution in [-0.2, 0) is 16.3 Å². The molecule has 0 aliphatic heterocycles. The van der Waals surface area contributed by atoms with Crippen LogP contribution in [0.3, 0.4) is 0 Å². The van der Waals surface area contributed by atoms with Crippen molar-refractivity contribution in [3.63, 3.8) is 0 Å². The van der Waals surface area contributed by atoms with E-state index < -0.39 is 21.1 Å². The normalized spacial score (nSPS) is 16.3. The summed E-state index contributed by atoms with van der Waals surface area (Å²) in [5.41, 5.74) is 5.92. The van der Waals surface area contributed by atoms with E-state index in [-0.39, 0.29) is 0 Å². The molecule has 0 radical (unpaired) electrons. The largest absolute Gasteiger partial charge is 0.322 e. The Balaban J connectivity index is 2.89. The quantitative estimate of drug-likeness (QED) is 0.881. The van der Waals surface area contributed by atoms with Gasteiger partial charge in [0.05, 0.1) is 11.3 Å². The van der Waals surface area contributed by atoms with Gasteiger partial charge in [0, 0.05) is 16.0 Å². The van der Waals surface area contributed by atoms with Crippen molar-refractivity contribution in [3.8, 4) is 0 Å². The molecule has 0 spiro atoms. The summed E-state index contributed by atoms with van der Waals surface area (Å²) in [5, 5.41) is -0.527. The molecule has 86 valence electrons. The average Bonchev–Trinajstić information content (AvgIpc) is 2.62. The van der Waals surface area contributed by atoms with Crippen LogP contribution in [0.4, 0.5) is 0 Å². The minimum atomic E-state index is -3.07. The standard InChI is InChI=1S/C10H17NO2S2/c1-4-8-5-6-9(14-8)10(11)7(2)15(3,12)13/h5-7,10H,4,11H2,1-3H3. The highest BCUT2D eigenvalue weighted by Gasteiger charge is 2.24. The summed E-state index contributed by atoms with van der Waals surface area (Å²) in [6.07, 6.45) is 2.19. The number of nitrogens with two attached hydrogens (primary N) is 1. The first kappa shape index (κ1) is 12.7. The van der Waals surface area contributed by atoms with Gasteiger partial charge in [-0.25, -0.2) is 8.42 Å². The third kappa shape index (κ3) is 3.03. The van der Waals surface area contributed by atoms with Gasteiger partial charge in [-0.15, -0.1) is 11.3 Å². The lowest BCUT2D eigenvalue weighted by molar-refractivity contribution is 0.572. The first-order valence-corrected chi connectivity index (χ1v) is 7.66. The smallest absolute Gasteiger partial charge is 0.151 e. The predicted octanol–water partition coefficient (Wildman–Crippen LogP) is 1.74. The summed E-state index contributed by atoms with van der Waals surface area (Å²) in [6, 6.07) is 3.52. The molecule has 0 saturated heterocycles. The van der Waals surface area contributed by atoms with Gasteiger partial charge in [0.2, 0.25) is 0 Å². The highest BCUT2D eigenvalue weighted by atomic mass is 32.2. The third-order valence-electron chi connectivity index (χ3n) is 2.54. The highest BCUT2D eigenvalue weighted by molar-refractivity contribution is 7.91. The zero-order valence-electron chi connectivity index (χ0n) is 9.23. The SMILES string of the molecule is CCc1ccc(C(N)C(C)S(C)(=O)=O)s1. The van der Waals surface area contributed by atoms with E-state index in [0.717, 1.165) is 11.3 Å². The number of thiophene rings is 1. The van der Waals surface area contributed by atoms with Gasteiger partial charge in [0.25, 0.3) is 0 Å². The Kier molecular flexibility index (Phi) is 3.92. The second-order valence-electron chi connectivity index (χ2n) is 3.72. The van der Waals surface area contributed by atoms with Crippen LogP contribution in [0.1, 0.15) is 29.6 Å². The molecule has 0 aliphatic carbocycles. The molecule has 1 heterocycles. The molecule has 0 fully saturated rings. The van der Waals surface area contributed by atoms with E-state index in [0.29, 0.717) is 0 Å². The number of rotatable bonds is 4.